The first-order valence-electron chi connectivity index (χ1n) is 18.5. The predicted octanol–water partition coefficient (Wildman–Crippen LogP) is 14.1. The van der Waals surface area contributed by atoms with Crippen LogP contribution in [0, 0.1) is 0 Å². The third-order valence-corrected chi connectivity index (χ3v) is 11.0. The van der Waals surface area contributed by atoms with E-state index in [1.807, 2.05) is 0 Å². The molecule has 0 spiro atoms. The zero-order valence-corrected chi connectivity index (χ0v) is 29.4. The van der Waals surface area contributed by atoms with Crippen molar-refractivity contribution in [3.05, 3.63) is 194 Å². The number of rotatable bonds is 4. The van der Waals surface area contributed by atoms with Crippen molar-refractivity contribution >= 4 is 64.6 Å². The first kappa shape index (κ1) is 30.5. The van der Waals surface area contributed by atoms with Gasteiger partial charge in [-0.1, -0.05) is 176 Å². The van der Waals surface area contributed by atoms with Crippen molar-refractivity contribution in [1.29, 1.82) is 0 Å². The summed E-state index contributed by atoms with van der Waals surface area (Å²) in [6, 6.07) is 69.8. The maximum absolute atomic E-state index is 5.52. The molecule has 1 heterocycles. The zero-order valence-electron chi connectivity index (χ0n) is 29.4. The van der Waals surface area contributed by atoms with Crippen molar-refractivity contribution < 1.29 is 0 Å². The number of benzene rings is 10. The summed E-state index contributed by atoms with van der Waals surface area (Å²) in [4.78, 5) is 11.0. The highest BCUT2D eigenvalue weighted by Crippen LogP contribution is 2.42. The van der Waals surface area contributed by atoms with Crippen LogP contribution in [-0.2, 0) is 0 Å². The van der Waals surface area contributed by atoms with Crippen LogP contribution in [0.15, 0.2) is 194 Å². The molecule has 54 heavy (non-hydrogen) atoms. The summed E-state index contributed by atoms with van der Waals surface area (Å²) in [6.07, 6.45) is 0. The van der Waals surface area contributed by atoms with Crippen LogP contribution in [0.2, 0.25) is 0 Å². The number of fused-ring (bicyclic) bond motifs is 10. The van der Waals surface area contributed by atoms with E-state index < -0.39 is 0 Å². The van der Waals surface area contributed by atoms with Crippen molar-refractivity contribution in [3.8, 4) is 45.0 Å². The minimum Gasteiger partial charge on any atom is -0.228 e. The Balaban J connectivity index is 1.24. The Morgan fingerprint density at radius 1 is 0.259 bits per heavy atom. The Morgan fingerprint density at radius 3 is 1.52 bits per heavy atom. The molecule has 0 radical (unpaired) electrons. The maximum atomic E-state index is 5.52. The second-order valence-electron chi connectivity index (χ2n) is 14.1. The van der Waals surface area contributed by atoms with Crippen LogP contribution in [0.5, 0.6) is 0 Å². The van der Waals surface area contributed by atoms with Gasteiger partial charge in [0.2, 0.25) is 0 Å². The highest BCUT2D eigenvalue weighted by atomic mass is 14.9. The number of hydrogen-bond acceptors (Lipinski definition) is 2. The summed E-state index contributed by atoms with van der Waals surface area (Å²) in [5.41, 5.74) is 7.24. The van der Waals surface area contributed by atoms with Crippen LogP contribution in [-0.4, -0.2) is 9.97 Å². The van der Waals surface area contributed by atoms with Crippen LogP contribution in [0.3, 0.4) is 0 Å². The van der Waals surface area contributed by atoms with Crippen molar-refractivity contribution in [3.63, 3.8) is 0 Å². The fourth-order valence-corrected chi connectivity index (χ4v) is 8.55. The lowest BCUT2D eigenvalue weighted by Crippen LogP contribution is -1.99. The van der Waals surface area contributed by atoms with Crippen molar-refractivity contribution in [2.24, 2.45) is 0 Å². The van der Waals surface area contributed by atoms with Gasteiger partial charge in [-0.3, -0.25) is 0 Å². The number of nitrogens with zero attached hydrogens (tertiary/aromatic N) is 2. The molecule has 0 aliphatic carbocycles. The SMILES string of the molecule is c1ccc(-c2ccccc2-c2cc(-c3ccc4c5ccccc5c5ccccc5c4c3)nc(-c3c4ccccc4cc4c3ccc3ccccc34)n2)cc1. The Morgan fingerprint density at radius 2 is 0.778 bits per heavy atom. The summed E-state index contributed by atoms with van der Waals surface area (Å²) in [7, 11) is 0. The lowest BCUT2D eigenvalue weighted by atomic mass is 9.91. The summed E-state index contributed by atoms with van der Waals surface area (Å²) in [5.74, 6) is 0.714. The molecule has 2 heteroatoms. The normalized spacial score (nSPS) is 11.7. The molecule has 0 atom stereocenters. The molecule has 0 saturated carbocycles. The second-order valence-corrected chi connectivity index (χ2v) is 14.1. The Kier molecular flexibility index (Phi) is 6.90. The first-order chi connectivity index (χ1) is 26.8. The first-order valence-corrected chi connectivity index (χ1v) is 18.5. The van der Waals surface area contributed by atoms with E-state index in [9.17, 15) is 0 Å². The summed E-state index contributed by atoms with van der Waals surface area (Å²) in [6.45, 7) is 0. The van der Waals surface area contributed by atoms with E-state index in [-0.39, 0.29) is 0 Å². The van der Waals surface area contributed by atoms with Gasteiger partial charge < -0.3 is 0 Å². The number of hydrogen-bond donors (Lipinski definition) is 0. The van der Waals surface area contributed by atoms with Gasteiger partial charge in [0.05, 0.1) is 11.4 Å². The van der Waals surface area contributed by atoms with E-state index in [0.717, 1.165) is 50.0 Å². The average molecular weight is 685 g/mol. The Labute approximate surface area is 312 Å². The highest BCUT2D eigenvalue weighted by Gasteiger charge is 2.19. The third kappa shape index (κ3) is 4.81. The number of aromatic nitrogens is 2. The van der Waals surface area contributed by atoms with Gasteiger partial charge >= 0.3 is 0 Å². The van der Waals surface area contributed by atoms with Crippen LogP contribution in [0.4, 0.5) is 0 Å². The zero-order chi connectivity index (χ0) is 35.6. The molecule has 11 aromatic rings. The second kappa shape index (κ2) is 12.2. The van der Waals surface area contributed by atoms with Gasteiger partial charge in [-0.05, 0) is 94.0 Å². The molecular formula is C52H32N2. The van der Waals surface area contributed by atoms with Crippen molar-refractivity contribution in [2.45, 2.75) is 0 Å². The van der Waals surface area contributed by atoms with Gasteiger partial charge in [0, 0.05) is 16.7 Å². The summed E-state index contributed by atoms with van der Waals surface area (Å²) in [5, 5.41) is 14.6. The summed E-state index contributed by atoms with van der Waals surface area (Å²) >= 11 is 0. The molecule has 10 aromatic carbocycles. The Hall–Kier alpha value is -7.16. The van der Waals surface area contributed by atoms with Crippen LogP contribution >= 0.6 is 0 Å². The monoisotopic (exact) mass is 684 g/mol. The van der Waals surface area contributed by atoms with E-state index in [2.05, 4.69) is 194 Å². The molecule has 0 N–H and O–H groups in total. The molecule has 0 bridgehead atoms. The molecule has 2 nitrogen and oxygen atoms in total. The smallest absolute Gasteiger partial charge is 0.161 e. The van der Waals surface area contributed by atoms with Gasteiger partial charge in [-0.15, -0.1) is 0 Å². The van der Waals surface area contributed by atoms with Gasteiger partial charge in [0.25, 0.3) is 0 Å². The van der Waals surface area contributed by atoms with E-state index in [1.165, 1.54) is 53.9 Å². The molecule has 11 rings (SSSR count). The van der Waals surface area contributed by atoms with Gasteiger partial charge in [-0.25, -0.2) is 9.97 Å². The quantitative estimate of drug-likeness (QED) is 0.136. The van der Waals surface area contributed by atoms with Crippen molar-refractivity contribution in [1.82, 2.24) is 9.97 Å². The van der Waals surface area contributed by atoms with E-state index in [0.29, 0.717) is 5.82 Å². The molecule has 0 aliphatic heterocycles. The van der Waals surface area contributed by atoms with Crippen molar-refractivity contribution in [2.75, 3.05) is 0 Å². The van der Waals surface area contributed by atoms with Gasteiger partial charge in [0.1, 0.15) is 0 Å². The van der Waals surface area contributed by atoms with Gasteiger partial charge in [0.15, 0.2) is 5.82 Å². The van der Waals surface area contributed by atoms with E-state index >= 15 is 0 Å². The van der Waals surface area contributed by atoms with E-state index in [4.69, 9.17) is 9.97 Å². The molecule has 0 fully saturated rings. The molecule has 250 valence electrons. The lowest BCUT2D eigenvalue weighted by Gasteiger charge is -2.17. The maximum Gasteiger partial charge on any atom is 0.161 e. The lowest BCUT2D eigenvalue weighted by molar-refractivity contribution is 1.19. The fraction of sp³-hybridized carbons (Fsp3) is 0. The molecule has 0 saturated heterocycles. The molecule has 0 unspecified atom stereocenters. The van der Waals surface area contributed by atoms with Crippen LogP contribution < -0.4 is 0 Å². The Bertz CT molecular complexity index is 3240. The minimum absolute atomic E-state index is 0.714. The van der Waals surface area contributed by atoms with Crippen LogP contribution in [0.25, 0.3) is 110 Å². The molecular weight excluding hydrogens is 653 g/mol. The standard InChI is InChI=1S/C52H32N2/c1-2-14-33(15-3-1)37-18-8-13-25-45(37)50-32-49(36-27-28-44-42-23-10-9-21-40(42)41-22-11-12-24-43(41)48(44)31-36)53-52(54-50)51-39-20-7-5-17-35(39)30-47-38-19-6-4-16-34(38)26-29-46(47)51/h1-32H. The minimum atomic E-state index is 0.714. The fourth-order valence-electron chi connectivity index (χ4n) is 8.55. The highest BCUT2D eigenvalue weighted by molar-refractivity contribution is 6.26. The molecule has 0 amide bonds. The van der Waals surface area contributed by atoms with Crippen LogP contribution in [0.1, 0.15) is 0 Å². The average Bonchev–Trinajstić information content (AvgIpc) is 3.25. The molecule has 0 aliphatic rings. The third-order valence-electron chi connectivity index (χ3n) is 11.0. The predicted molar refractivity (Wildman–Crippen MR) is 229 cm³/mol. The van der Waals surface area contributed by atoms with Gasteiger partial charge in [-0.2, -0.15) is 0 Å². The van der Waals surface area contributed by atoms with E-state index in [1.54, 1.807) is 0 Å². The summed E-state index contributed by atoms with van der Waals surface area (Å²) < 4.78 is 0. The largest absolute Gasteiger partial charge is 0.228 e. The topological polar surface area (TPSA) is 25.8 Å². The molecule has 1 aromatic heterocycles.